The summed E-state index contributed by atoms with van der Waals surface area (Å²) in [6.45, 7) is 2.69. The monoisotopic (exact) mass is 564 g/mol. The van der Waals surface area contributed by atoms with E-state index < -0.39 is 17.7 Å². The molecule has 0 aliphatic carbocycles. The summed E-state index contributed by atoms with van der Waals surface area (Å²) in [4.78, 5) is 37.7. The Morgan fingerprint density at radius 1 is 1.03 bits per heavy atom. The van der Waals surface area contributed by atoms with E-state index in [-0.39, 0.29) is 5.69 Å². The molecule has 3 aromatic rings. The maximum absolute atomic E-state index is 13.1. The fourth-order valence-corrected chi connectivity index (χ4v) is 3.67. The van der Waals surface area contributed by atoms with E-state index in [1.807, 2.05) is 25.1 Å². The first-order valence-corrected chi connectivity index (χ1v) is 11.4. The number of ether oxygens (including phenoxy) is 1. The smallest absolute Gasteiger partial charge is 0.328 e. The van der Waals surface area contributed by atoms with Crippen molar-refractivity contribution in [2.24, 2.45) is 0 Å². The molecule has 0 bridgehead atoms. The average Bonchev–Trinajstić information content (AvgIpc) is 3.11. The van der Waals surface area contributed by atoms with Crippen LogP contribution < -0.4 is 16.1 Å². The molecule has 0 saturated carbocycles. The van der Waals surface area contributed by atoms with Crippen LogP contribution in [0.2, 0.25) is 0 Å². The molecule has 0 atom stereocenters. The van der Waals surface area contributed by atoms with Crippen LogP contribution in [0.5, 0.6) is 0 Å². The largest absolute Gasteiger partial charge is 0.385 e. The van der Waals surface area contributed by atoms with E-state index in [9.17, 15) is 14.4 Å². The second kappa shape index (κ2) is 10.8. The second-order valence-corrected chi connectivity index (χ2v) is 8.80. The van der Waals surface area contributed by atoms with Gasteiger partial charge in [0.05, 0.1) is 5.52 Å². The number of hydrogen-bond acceptors (Lipinski definition) is 4. The Morgan fingerprint density at radius 2 is 1.81 bits per heavy atom. The highest BCUT2D eigenvalue weighted by atomic mass is 79.9. The number of rotatable bonds is 7. The van der Waals surface area contributed by atoms with Gasteiger partial charge in [0, 0.05) is 40.3 Å². The Labute approximate surface area is 201 Å². The molecule has 0 radical (unpaired) electrons. The molecule has 0 aliphatic heterocycles. The van der Waals surface area contributed by atoms with Gasteiger partial charge in [0.1, 0.15) is 5.69 Å². The Morgan fingerprint density at radius 3 is 2.53 bits per heavy atom. The summed E-state index contributed by atoms with van der Waals surface area (Å²) in [7, 11) is 1.56. The van der Waals surface area contributed by atoms with Crippen molar-refractivity contribution in [2.75, 3.05) is 31.0 Å². The fourth-order valence-electron chi connectivity index (χ4n) is 3.04. The SMILES string of the molecule is COCCCNC(=O)C(=O)Nn1c(C(=O)Nc2ccc(Br)c(C)c2)cc2cc(Br)ccc21. The van der Waals surface area contributed by atoms with Crippen LogP contribution in [0.25, 0.3) is 10.9 Å². The van der Waals surface area contributed by atoms with Crippen LogP contribution in [-0.2, 0) is 14.3 Å². The predicted molar refractivity (Wildman–Crippen MR) is 130 cm³/mol. The highest BCUT2D eigenvalue weighted by Crippen LogP contribution is 2.25. The van der Waals surface area contributed by atoms with E-state index in [1.54, 1.807) is 31.4 Å². The van der Waals surface area contributed by atoms with Crippen molar-refractivity contribution in [2.45, 2.75) is 13.3 Å². The molecule has 1 heterocycles. The molecule has 2 aromatic carbocycles. The number of halogens is 2. The first-order valence-electron chi connectivity index (χ1n) is 9.77. The Bertz CT molecular complexity index is 1180. The average molecular weight is 566 g/mol. The van der Waals surface area contributed by atoms with E-state index in [1.165, 1.54) is 4.68 Å². The normalized spacial score (nSPS) is 10.8. The predicted octanol–water partition coefficient (Wildman–Crippen LogP) is 3.95. The molecule has 0 spiro atoms. The van der Waals surface area contributed by atoms with Gasteiger partial charge >= 0.3 is 11.8 Å². The van der Waals surface area contributed by atoms with Gasteiger partial charge in [-0.15, -0.1) is 0 Å². The van der Waals surface area contributed by atoms with Crippen LogP contribution in [0.4, 0.5) is 5.69 Å². The van der Waals surface area contributed by atoms with Gasteiger partial charge in [-0.1, -0.05) is 31.9 Å². The van der Waals surface area contributed by atoms with Crippen molar-refractivity contribution in [1.82, 2.24) is 9.99 Å². The zero-order valence-corrected chi connectivity index (χ0v) is 20.7. The number of fused-ring (bicyclic) bond motifs is 1. The molecular formula is C22H22Br2N4O4. The van der Waals surface area contributed by atoms with Crippen molar-refractivity contribution < 1.29 is 19.1 Å². The topological polar surface area (TPSA) is 101 Å². The van der Waals surface area contributed by atoms with Gasteiger partial charge in [-0.2, -0.15) is 0 Å². The molecule has 1 aromatic heterocycles. The number of amides is 3. The summed E-state index contributed by atoms with van der Waals surface area (Å²) in [5.74, 6) is -2.11. The number of carbonyl (C=O) groups excluding carboxylic acids is 3. The van der Waals surface area contributed by atoms with Gasteiger partial charge in [-0.25, -0.2) is 4.68 Å². The van der Waals surface area contributed by atoms with Crippen LogP contribution in [0.15, 0.2) is 51.4 Å². The standard InChI is InChI=1S/C22H22Br2N4O4/c1-13-10-16(5-6-17(13)24)26-20(29)19-12-14-11-15(23)4-7-18(14)28(19)27-22(31)21(30)25-8-3-9-32-2/h4-7,10-12H,3,8-9H2,1-2H3,(H,25,30)(H,26,29)(H,27,31). The third kappa shape index (κ3) is 5.76. The molecule has 0 unspecified atom stereocenters. The molecule has 3 N–H and O–H groups in total. The zero-order chi connectivity index (χ0) is 23.3. The zero-order valence-electron chi connectivity index (χ0n) is 17.5. The van der Waals surface area contributed by atoms with Gasteiger partial charge in [0.25, 0.3) is 5.91 Å². The summed E-state index contributed by atoms with van der Waals surface area (Å²) < 4.78 is 7.99. The maximum atomic E-state index is 13.1. The van der Waals surface area contributed by atoms with Crippen LogP contribution >= 0.6 is 31.9 Å². The number of anilines is 1. The summed E-state index contributed by atoms with van der Waals surface area (Å²) in [6.07, 6.45) is 0.580. The lowest BCUT2D eigenvalue weighted by molar-refractivity contribution is -0.136. The fraction of sp³-hybridized carbons (Fsp3) is 0.227. The van der Waals surface area contributed by atoms with Crippen molar-refractivity contribution in [3.63, 3.8) is 0 Å². The summed E-state index contributed by atoms with van der Waals surface area (Å²) in [5, 5.41) is 6.08. The molecule has 8 nitrogen and oxygen atoms in total. The van der Waals surface area contributed by atoms with E-state index in [4.69, 9.17) is 4.74 Å². The van der Waals surface area contributed by atoms with E-state index in [2.05, 4.69) is 47.9 Å². The molecule has 0 aliphatic rings. The van der Waals surface area contributed by atoms with Crippen LogP contribution in [0, 0.1) is 6.92 Å². The summed E-state index contributed by atoms with van der Waals surface area (Å²) in [5.41, 5.74) is 4.86. The third-order valence-corrected chi connectivity index (χ3v) is 6.03. The quantitative estimate of drug-likeness (QED) is 0.298. The lowest BCUT2D eigenvalue weighted by atomic mass is 10.2. The summed E-state index contributed by atoms with van der Waals surface area (Å²) in [6, 6.07) is 12.4. The highest BCUT2D eigenvalue weighted by molar-refractivity contribution is 9.10. The lowest BCUT2D eigenvalue weighted by Gasteiger charge is -2.13. The molecular weight excluding hydrogens is 544 g/mol. The van der Waals surface area contributed by atoms with Gasteiger partial charge in [0.15, 0.2) is 0 Å². The molecule has 0 saturated heterocycles. The van der Waals surface area contributed by atoms with E-state index >= 15 is 0 Å². The van der Waals surface area contributed by atoms with Gasteiger partial charge in [-0.05, 0) is 61.4 Å². The Kier molecular flexibility index (Phi) is 8.05. The Hall–Kier alpha value is -2.69. The minimum Gasteiger partial charge on any atom is -0.385 e. The van der Waals surface area contributed by atoms with E-state index in [0.717, 1.165) is 19.9 Å². The van der Waals surface area contributed by atoms with Crippen LogP contribution in [-0.4, -0.2) is 42.7 Å². The van der Waals surface area contributed by atoms with Gasteiger partial charge in [0.2, 0.25) is 0 Å². The van der Waals surface area contributed by atoms with E-state index in [0.29, 0.717) is 30.8 Å². The van der Waals surface area contributed by atoms with Crippen molar-refractivity contribution >= 4 is 66.2 Å². The van der Waals surface area contributed by atoms with Crippen molar-refractivity contribution in [3.05, 3.63) is 62.7 Å². The van der Waals surface area contributed by atoms with Crippen molar-refractivity contribution in [3.8, 4) is 0 Å². The van der Waals surface area contributed by atoms with Crippen LogP contribution in [0.3, 0.4) is 0 Å². The first kappa shape index (κ1) is 24.0. The molecule has 3 amide bonds. The maximum Gasteiger partial charge on any atom is 0.328 e. The molecule has 168 valence electrons. The number of aryl methyl sites for hydroxylation is 1. The number of aromatic nitrogens is 1. The number of methoxy groups -OCH3 is 1. The molecule has 3 rings (SSSR count). The van der Waals surface area contributed by atoms with Crippen LogP contribution in [0.1, 0.15) is 22.5 Å². The number of benzene rings is 2. The number of hydrogen-bond donors (Lipinski definition) is 3. The lowest BCUT2D eigenvalue weighted by Crippen LogP contribution is -2.40. The number of carbonyl (C=O) groups is 3. The number of nitrogens with one attached hydrogen (secondary N) is 3. The molecule has 32 heavy (non-hydrogen) atoms. The van der Waals surface area contributed by atoms with Gasteiger partial charge < -0.3 is 15.4 Å². The minimum absolute atomic E-state index is 0.180. The van der Waals surface area contributed by atoms with Crippen molar-refractivity contribution in [1.29, 1.82) is 0 Å². The molecule has 0 fully saturated rings. The summed E-state index contributed by atoms with van der Waals surface area (Å²) >= 11 is 6.85. The minimum atomic E-state index is -0.878. The Balaban J connectivity index is 1.86. The first-order chi connectivity index (χ1) is 15.3. The highest BCUT2D eigenvalue weighted by Gasteiger charge is 2.21. The molecule has 10 heteroatoms. The third-order valence-electron chi connectivity index (χ3n) is 4.64. The second-order valence-electron chi connectivity index (χ2n) is 7.03. The number of nitrogens with zero attached hydrogens (tertiary/aromatic N) is 1. The van der Waals surface area contributed by atoms with Gasteiger partial charge in [-0.3, -0.25) is 19.8 Å².